The zero-order chi connectivity index (χ0) is 15.3. The van der Waals surface area contributed by atoms with Gasteiger partial charge in [0.2, 0.25) is 0 Å². The van der Waals surface area contributed by atoms with Crippen molar-refractivity contribution in [2.45, 2.75) is 57.9 Å². The Balaban J connectivity index is 1.65. The second-order valence-corrected chi connectivity index (χ2v) is 7.98. The van der Waals surface area contributed by atoms with Gasteiger partial charge in [0.1, 0.15) is 11.4 Å². The molecule has 3 heteroatoms. The molecule has 4 bridgehead atoms. The first kappa shape index (κ1) is 14.2. The van der Waals surface area contributed by atoms with Gasteiger partial charge in [-0.3, -0.25) is 0 Å². The van der Waals surface area contributed by atoms with Crippen molar-refractivity contribution in [1.82, 2.24) is 0 Å². The van der Waals surface area contributed by atoms with Crippen molar-refractivity contribution in [3.8, 4) is 5.75 Å². The maximum absolute atomic E-state index is 5.55. The van der Waals surface area contributed by atoms with E-state index >= 15 is 0 Å². The van der Waals surface area contributed by atoms with Gasteiger partial charge in [0.25, 0.3) is 0 Å². The molecule has 0 saturated heterocycles. The molecule has 4 fully saturated rings. The van der Waals surface area contributed by atoms with Crippen LogP contribution in [-0.4, -0.2) is 12.6 Å². The van der Waals surface area contributed by atoms with Crippen LogP contribution in [0, 0.1) is 31.6 Å². The van der Waals surface area contributed by atoms with Crippen molar-refractivity contribution >= 4 is 5.69 Å². The lowest BCUT2D eigenvalue weighted by atomic mass is 9.53. The van der Waals surface area contributed by atoms with Crippen LogP contribution < -0.4 is 4.74 Å². The normalized spacial score (nSPS) is 36.2. The SMILES string of the molecule is COc1c(C)cc(C)cc1N=NC12CC3CC(CC(C3)C1)C2. The average molecular weight is 298 g/mol. The van der Waals surface area contributed by atoms with Gasteiger partial charge in [-0.1, -0.05) is 6.07 Å². The topological polar surface area (TPSA) is 34.0 Å². The molecule has 0 aromatic heterocycles. The van der Waals surface area contributed by atoms with Crippen molar-refractivity contribution in [3.05, 3.63) is 23.3 Å². The molecule has 0 amide bonds. The Bertz CT molecular complexity index is 585. The van der Waals surface area contributed by atoms with Gasteiger partial charge < -0.3 is 4.74 Å². The van der Waals surface area contributed by atoms with Gasteiger partial charge in [-0.05, 0) is 87.3 Å². The molecule has 0 aliphatic heterocycles. The minimum Gasteiger partial charge on any atom is -0.494 e. The summed E-state index contributed by atoms with van der Waals surface area (Å²) in [5.74, 6) is 3.60. The fourth-order valence-corrected chi connectivity index (χ4v) is 5.62. The zero-order valence-corrected chi connectivity index (χ0v) is 13.9. The lowest BCUT2D eigenvalue weighted by Gasteiger charge is -2.54. The molecule has 4 aliphatic rings. The van der Waals surface area contributed by atoms with E-state index in [2.05, 4.69) is 31.1 Å². The fourth-order valence-electron chi connectivity index (χ4n) is 5.62. The third kappa shape index (κ3) is 2.35. The first-order valence-electron chi connectivity index (χ1n) is 8.65. The molecule has 22 heavy (non-hydrogen) atoms. The molecule has 118 valence electrons. The van der Waals surface area contributed by atoms with Gasteiger partial charge in [-0.25, -0.2) is 0 Å². The van der Waals surface area contributed by atoms with E-state index in [1.807, 2.05) is 0 Å². The third-order valence-corrected chi connectivity index (χ3v) is 5.98. The summed E-state index contributed by atoms with van der Waals surface area (Å²) in [7, 11) is 1.72. The van der Waals surface area contributed by atoms with Crippen molar-refractivity contribution < 1.29 is 4.74 Å². The van der Waals surface area contributed by atoms with Gasteiger partial charge in [0.05, 0.1) is 12.6 Å². The number of ether oxygens (including phenoxy) is 1. The fraction of sp³-hybridized carbons (Fsp3) is 0.684. The first-order chi connectivity index (χ1) is 10.6. The van der Waals surface area contributed by atoms with Crippen molar-refractivity contribution in [2.24, 2.45) is 28.0 Å². The molecular weight excluding hydrogens is 272 g/mol. The molecular formula is C19H26N2O. The van der Waals surface area contributed by atoms with E-state index in [1.54, 1.807) is 7.11 Å². The first-order valence-corrected chi connectivity index (χ1v) is 8.65. The summed E-state index contributed by atoms with van der Waals surface area (Å²) >= 11 is 0. The largest absolute Gasteiger partial charge is 0.494 e. The highest BCUT2D eigenvalue weighted by atomic mass is 16.5. The number of aryl methyl sites for hydroxylation is 2. The van der Waals surface area contributed by atoms with Gasteiger partial charge in [-0.2, -0.15) is 10.2 Å². The Morgan fingerprint density at radius 2 is 1.59 bits per heavy atom. The highest BCUT2D eigenvalue weighted by Gasteiger charge is 2.51. The maximum Gasteiger partial charge on any atom is 0.149 e. The molecule has 4 saturated carbocycles. The van der Waals surface area contributed by atoms with Gasteiger partial charge in [-0.15, -0.1) is 0 Å². The lowest BCUT2D eigenvalue weighted by molar-refractivity contribution is -0.00156. The van der Waals surface area contributed by atoms with Crippen LogP contribution in [0.15, 0.2) is 22.4 Å². The van der Waals surface area contributed by atoms with E-state index in [-0.39, 0.29) is 5.54 Å². The highest BCUT2D eigenvalue weighted by molar-refractivity contribution is 5.57. The molecule has 0 N–H and O–H groups in total. The van der Waals surface area contributed by atoms with Gasteiger partial charge in [0, 0.05) is 0 Å². The van der Waals surface area contributed by atoms with Crippen molar-refractivity contribution in [3.63, 3.8) is 0 Å². The second-order valence-electron chi connectivity index (χ2n) is 7.98. The second kappa shape index (κ2) is 5.07. The summed E-state index contributed by atoms with van der Waals surface area (Å²) in [6.07, 6.45) is 8.12. The predicted molar refractivity (Wildman–Crippen MR) is 87.9 cm³/mol. The van der Waals surface area contributed by atoms with E-state index in [9.17, 15) is 0 Å². The van der Waals surface area contributed by atoms with E-state index < -0.39 is 0 Å². The number of rotatable bonds is 3. The summed E-state index contributed by atoms with van der Waals surface area (Å²) in [6.45, 7) is 4.19. The Morgan fingerprint density at radius 1 is 1.00 bits per heavy atom. The minimum atomic E-state index is 0.136. The highest BCUT2D eigenvalue weighted by Crippen LogP contribution is 2.57. The summed E-state index contributed by atoms with van der Waals surface area (Å²) in [5, 5.41) is 9.61. The summed E-state index contributed by atoms with van der Waals surface area (Å²) in [4.78, 5) is 0. The van der Waals surface area contributed by atoms with Crippen LogP contribution in [0.5, 0.6) is 5.75 Å². The summed E-state index contributed by atoms with van der Waals surface area (Å²) in [6, 6.07) is 4.23. The molecule has 3 nitrogen and oxygen atoms in total. The monoisotopic (exact) mass is 298 g/mol. The quantitative estimate of drug-likeness (QED) is 0.691. The Morgan fingerprint density at radius 3 is 2.14 bits per heavy atom. The number of hydrogen-bond acceptors (Lipinski definition) is 3. The van der Waals surface area contributed by atoms with Crippen LogP contribution in [0.4, 0.5) is 5.69 Å². The van der Waals surface area contributed by atoms with E-state index in [4.69, 9.17) is 9.85 Å². The summed E-state index contributed by atoms with van der Waals surface area (Å²) in [5.41, 5.74) is 3.40. The van der Waals surface area contributed by atoms with Crippen molar-refractivity contribution in [1.29, 1.82) is 0 Å². The Labute approximate surface area is 133 Å². The molecule has 0 atom stereocenters. The van der Waals surface area contributed by atoms with Gasteiger partial charge >= 0.3 is 0 Å². The van der Waals surface area contributed by atoms with E-state index in [0.717, 1.165) is 34.8 Å². The zero-order valence-electron chi connectivity index (χ0n) is 13.9. The van der Waals surface area contributed by atoms with Crippen molar-refractivity contribution in [2.75, 3.05) is 7.11 Å². The van der Waals surface area contributed by atoms with Crippen LogP contribution in [0.2, 0.25) is 0 Å². The minimum absolute atomic E-state index is 0.136. The maximum atomic E-state index is 5.55. The number of hydrogen-bond donors (Lipinski definition) is 0. The number of azo groups is 1. The van der Waals surface area contributed by atoms with Crippen LogP contribution >= 0.6 is 0 Å². The standard InChI is InChI=1S/C19H26N2O/c1-12-4-13(2)18(22-3)17(5-12)20-21-19-9-14-6-15(10-19)8-16(7-14)11-19/h4-5,14-16H,6-11H2,1-3H3. The molecule has 0 unspecified atom stereocenters. The van der Waals surface area contributed by atoms with Gasteiger partial charge in [0.15, 0.2) is 0 Å². The van der Waals surface area contributed by atoms with E-state index in [0.29, 0.717) is 0 Å². The van der Waals surface area contributed by atoms with Crippen LogP contribution in [0.25, 0.3) is 0 Å². The van der Waals surface area contributed by atoms with Crippen LogP contribution in [0.3, 0.4) is 0 Å². The number of methoxy groups -OCH3 is 1. The molecule has 0 heterocycles. The lowest BCUT2D eigenvalue weighted by Crippen LogP contribution is -2.49. The molecule has 4 aliphatic carbocycles. The Hall–Kier alpha value is -1.38. The average Bonchev–Trinajstić information content (AvgIpc) is 2.43. The molecule has 1 aromatic rings. The Kier molecular flexibility index (Phi) is 3.28. The number of nitrogens with zero attached hydrogens (tertiary/aromatic N) is 2. The molecule has 0 spiro atoms. The predicted octanol–water partition coefficient (Wildman–Crippen LogP) is 5.36. The molecule has 0 radical (unpaired) electrons. The molecule has 5 rings (SSSR count). The van der Waals surface area contributed by atoms with Crippen LogP contribution in [0.1, 0.15) is 49.7 Å². The van der Waals surface area contributed by atoms with Crippen LogP contribution in [-0.2, 0) is 0 Å². The third-order valence-electron chi connectivity index (χ3n) is 5.98. The molecule has 1 aromatic carbocycles. The smallest absolute Gasteiger partial charge is 0.149 e. The number of benzene rings is 1. The summed E-state index contributed by atoms with van der Waals surface area (Å²) < 4.78 is 5.55. The van der Waals surface area contributed by atoms with E-state index in [1.165, 1.54) is 44.1 Å².